The summed E-state index contributed by atoms with van der Waals surface area (Å²) < 4.78 is 11.6. The fourth-order valence-corrected chi connectivity index (χ4v) is 5.77. The number of piperidine rings is 2. The Kier molecular flexibility index (Phi) is 8.30. The molecule has 0 saturated carbocycles. The second kappa shape index (κ2) is 12.0. The standard InChI is InChI=1S/C32H39N3O3/c1-24-11-12-29(37-2)30(21-24)38-28-10-6-7-25(22-28)23-35-19-13-27(14-20-35)34-31(36)32(15-17-33-18-16-32)26-8-4-3-5-9-26/h3-12,21-22,27,33H,13-20,23H2,1-2H3,(H,34,36). The number of rotatable bonds is 8. The summed E-state index contributed by atoms with van der Waals surface area (Å²) in [7, 11) is 1.66. The van der Waals surface area contributed by atoms with Crippen molar-refractivity contribution in [2.75, 3.05) is 33.3 Å². The number of carbonyl (C=O) groups is 1. The van der Waals surface area contributed by atoms with Crippen LogP contribution in [-0.2, 0) is 16.8 Å². The molecular weight excluding hydrogens is 474 g/mol. The van der Waals surface area contributed by atoms with Crippen LogP contribution in [0.1, 0.15) is 42.4 Å². The second-order valence-corrected chi connectivity index (χ2v) is 10.6. The van der Waals surface area contributed by atoms with E-state index < -0.39 is 5.41 Å². The van der Waals surface area contributed by atoms with Crippen LogP contribution in [0.2, 0.25) is 0 Å². The van der Waals surface area contributed by atoms with Gasteiger partial charge in [-0.2, -0.15) is 0 Å². The van der Waals surface area contributed by atoms with Crippen molar-refractivity contribution in [3.05, 3.63) is 89.5 Å². The van der Waals surface area contributed by atoms with Crippen LogP contribution in [0, 0.1) is 6.92 Å². The number of methoxy groups -OCH3 is 1. The summed E-state index contributed by atoms with van der Waals surface area (Å²) in [5.74, 6) is 2.45. The van der Waals surface area contributed by atoms with Gasteiger partial charge in [-0.25, -0.2) is 0 Å². The molecule has 0 radical (unpaired) electrons. The number of aryl methyl sites for hydroxylation is 1. The summed E-state index contributed by atoms with van der Waals surface area (Å²) in [5, 5.41) is 6.86. The molecule has 2 fully saturated rings. The molecule has 0 spiro atoms. The van der Waals surface area contributed by atoms with Crippen molar-refractivity contribution < 1.29 is 14.3 Å². The summed E-state index contributed by atoms with van der Waals surface area (Å²) in [6.07, 6.45) is 3.61. The largest absolute Gasteiger partial charge is 0.493 e. The van der Waals surface area contributed by atoms with Gasteiger partial charge in [-0.1, -0.05) is 48.5 Å². The molecule has 200 valence electrons. The number of nitrogens with one attached hydrogen (secondary N) is 2. The average molecular weight is 514 g/mol. The Labute approximate surface area is 226 Å². The van der Waals surface area contributed by atoms with E-state index in [1.807, 2.05) is 55.5 Å². The number of benzene rings is 3. The van der Waals surface area contributed by atoms with Crippen LogP contribution in [0.5, 0.6) is 17.2 Å². The van der Waals surface area contributed by atoms with Gasteiger partial charge in [0, 0.05) is 25.7 Å². The molecule has 5 rings (SSSR count). The van der Waals surface area contributed by atoms with Crippen molar-refractivity contribution in [3.8, 4) is 17.2 Å². The summed E-state index contributed by atoms with van der Waals surface area (Å²) >= 11 is 0. The smallest absolute Gasteiger partial charge is 0.230 e. The molecular formula is C32H39N3O3. The fourth-order valence-electron chi connectivity index (χ4n) is 5.77. The number of likely N-dealkylation sites (tertiary alicyclic amines) is 1. The first-order valence-electron chi connectivity index (χ1n) is 13.8. The average Bonchev–Trinajstić information content (AvgIpc) is 2.95. The Morgan fingerprint density at radius 3 is 2.47 bits per heavy atom. The van der Waals surface area contributed by atoms with Gasteiger partial charge in [0.05, 0.1) is 12.5 Å². The number of nitrogens with zero attached hydrogens (tertiary/aromatic N) is 1. The summed E-state index contributed by atoms with van der Waals surface area (Å²) in [6.45, 7) is 6.58. The Morgan fingerprint density at radius 2 is 1.74 bits per heavy atom. The van der Waals surface area contributed by atoms with Crippen molar-refractivity contribution in [1.29, 1.82) is 0 Å². The highest BCUT2D eigenvalue weighted by Crippen LogP contribution is 2.35. The van der Waals surface area contributed by atoms with Gasteiger partial charge in [-0.3, -0.25) is 9.69 Å². The van der Waals surface area contributed by atoms with Gasteiger partial charge in [0.25, 0.3) is 0 Å². The number of amides is 1. The van der Waals surface area contributed by atoms with Crippen LogP contribution in [0.15, 0.2) is 72.8 Å². The van der Waals surface area contributed by atoms with Crippen molar-refractivity contribution in [2.24, 2.45) is 0 Å². The molecule has 6 heteroatoms. The predicted octanol–water partition coefficient (Wildman–Crippen LogP) is 5.20. The Bertz CT molecular complexity index is 1220. The molecule has 6 nitrogen and oxygen atoms in total. The maximum atomic E-state index is 13.6. The number of hydrogen-bond donors (Lipinski definition) is 2. The molecule has 0 bridgehead atoms. The van der Waals surface area contributed by atoms with E-state index in [1.165, 1.54) is 5.56 Å². The zero-order valence-corrected chi connectivity index (χ0v) is 22.5. The van der Waals surface area contributed by atoms with E-state index in [2.05, 4.69) is 39.8 Å². The molecule has 0 aromatic heterocycles. The summed E-state index contributed by atoms with van der Waals surface area (Å²) in [4.78, 5) is 16.1. The first kappa shape index (κ1) is 26.3. The molecule has 2 aliphatic rings. The van der Waals surface area contributed by atoms with E-state index in [9.17, 15) is 4.79 Å². The Hall–Kier alpha value is -3.35. The molecule has 2 saturated heterocycles. The quantitative estimate of drug-likeness (QED) is 0.434. The Morgan fingerprint density at radius 1 is 0.974 bits per heavy atom. The highest BCUT2D eigenvalue weighted by atomic mass is 16.5. The lowest BCUT2D eigenvalue weighted by Gasteiger charge is -2.39. The van der Waals surface area contributed by atoms with Gasteiger partial charge in [0.1, 0.15) is 5.75 Å². The summed E-state index contributed by atoms with van der Waals surface area (Å²) in [5.41, 5.74) is 3.06. The maximum absolute atomic E-state index is 13.6. The minimum absolute atomic E-state index is 0.195. The minimum Gasteiger partial charge on any atom is -0.493 e. The van der Waals surface area contributed by atoms with E-state index in [1.54, 1.807) is 7.11 Å². The van der Waals surface area contributed by atoms with Gasteiger partial charge in [0.15, 0.2) is 11.5 Å². The molecule has 3 aromatic rings. The molecule has 2 N–H and O–H groups in total. The van der Waals surface area contributed by atoms with Crippen LogP contribution in [0.3, 0.4) is 0 Å². The van der Waals surface area contributed by atoms with Crippen LogP contribution in [0.4, 0.5) is 0 Å². The van der Waals surface area contributed by atoms with Crippen LogP contribution < -0.4 is 20.1 Å². The molecule has 3 aromatic carbocycles. The molecule has 0 unspecified atom stereocenters. The van der Waals surface area contributed by atoms with Gasteiger partial charge >= 0.3 is 0 Å². The second-order valence-electron chi connectivity index (χ2n) is 10.6. The minimum atomic E-state index is -0.427. The third kappa shape index (κ3) is 6.03. The van der Waals surface area contributed by atoms with Crippen LogP contribution in [-0.4, -0.2) is 50.1 Å². The van der Waals surface area contributed by atoms with Crippen molar-refractivity contribution in [2.45, 2.75) is 50.6 Å². The highest BCUT2D eigenvalue weighted by molar-refractivity contribution is 5.88. The van der Waals surface area contributed by atoms with E-state index in [0.717, 1.165) is 86.8 Å². The molecule has 0 aliphatic carbocycles. The number of carbonyl (C=O) groups excluding carboxylic acids is 1. The molecule has 38 heavy (non-hydrogen) atoms. The normalized spacial score (nSPS) is 18.1. The number of hydrogen-bond acceptors (Lipinski definition) is 5. The molecule has 2 heterocycles. The van der Waals surface area contributed by atoms with Gasteiger partial charge in [-0.15, -0.1) is 0 Å². The van der Waals surface area contributed by atoms with Gasteiger partial charge in [0.2, 0.25) is 5.91 Å². The van der Waals surface area contributed by atoms with Crippen molar-refractivity contribution in [1.82, 2.24) is 15.5 Å². The monoisotopic (exact) mass is 513 g/mol. The number of ether oxygens (including phenoxy) is 2. The van der Waals surface area contributed by atoms with Crippen molar-refractivity contribution >= 4 is 5.91 Å². The lowest BCUT2D eigenvalue weighted by Crippen LogP contribution is -2.54. The third-order valence-electron chi connectivity index (χ3n) is 7.99. The van der Waals surface area contributed by atoms with Crippen molar-refractivity contribution in [3.63, 3.8) is 0 Å². The van der Waals surface area contributed by atoms with E-state index in [4.69, 9.17) is 9.47 Å². The zero-order chi connectivity index (χ0) is 26.4. The lowest BCUT2D eigenvalue weighted by atomic mass is 9.72. The fraction of sp³-hybridized carbons (Fsp3) is 0.406. The highest BCUT2D eigenvalue weighted by Gasteiger charge is 2.42. The van der Waals surface area contributed by atoms with Gasteiger partial charge < -0.3 is 20.1 Å². The molecule has 0 atom stereocenters. The maximum Gasteiger partial charge on any atom is 0.230 e. The summed E-state index contributed by atoms with van der Waals surface area (Å²) in [6, 6.07) is 24.8. The predicted molar refractivity (Wildman–Crippen MR) is 151 cm³/mol. The van der Waals surface area contributed by atoms with Crippen LogP contribution in [0.25, 0.3) is 0 Å². The van der Waals surface area contributed by atoms with Gasteiger partial charge in [-0.05, 0) is 86.7 Å². The zero-order valence-electron chi connectivity index (χ0n) is 22.5. The molecule has 2 aliphatic heterocycles. The van der Waals surface area contributed by atoms with E-state index in [-0.39, 0.29) is 11.9 Å². The SMILES string of the molecule is COc1ccc(C)cc1Oc1cccc(CN2CCC(NC(=O)C3(c4ccccc4)CCNCC3)CC2)c1. The lowest BCUT2D eigenvalue weighted by molar-refractivity contribution is -0.129. The first-order chi connectivity index (χ1) is 18.6. The first-order valence-corrected chi connectivity index (χ1v) is 13.8. The third-order valence-corrected chi connectivity index (χ3v) is 7.99. The van der Waals surface area contributed by atoms with Crippen LogP contribution >= 0.6 is 0 Å². The topological polar surface area (TPSA) is 62.8 Å². The molecule has 1 amide bonds. The Balaban J connectivity index is 1.17. The van der Waals surface area contributed by atoms with E-state index >= 15 is 0 Å². The van der Waals surface area contributed by atoms with E-state index in [0.29, 0.717) is 0 Å².